The Labute approximate surface area is 190 Å². The predicted molar refractivity (Wildman–Crippen MR) is 127 cm³/mol. The number of rotatable bonds is 10. The predicted octanol–water partition coefficient (Wildman–Crippen LogP) is 4.63. The number of hydrogen-bond acceptors (Lipinski definition) is 4. The number of alkyl halides is 1. The third-order valence-electron chi connectivity index (χ3n) is 6.96. The molecule has 1 saturated heterocycles. The summed E-state index contributed by atoms with van der Waals surface area (Å²) in [5.41, 5.74) is 2.91. The van der Waals surface area contributed by atoms with Crippen LogP contribution in [0, 0.1) is 0 Å². The maximum Gasteiger partial charge on any atom is 0.235 e. The summed E-state index contributed by atoms with van der Waals surface area (Å²) in [4.78, 5) is 17.7. The van der Waals surface area contributed by atoms with Crippen LogP contribution < -0.4 is 15.0 Å². The third-order valence-corrected chi connectivity index (χ3v) is 6.96. The molecule has 1 unspecified atom stereocenters. The Balaban J connectivity index is 1.23. The third kappa shape index (κ3) is 4.75. The highest BCUT2D eigenvalue weighted by Gasteiger charge is 2.44. The Hall–Kier alpha value is -2.60. The van der Waals surface area contributed by atoms with Gasteiger partial charge in [0.2, 0.25) is 5.91 Å². The first kappa shape index (κ1) is 22.6. The number of halogens is 1. The number of benzene rings is 2. The van der Waals surface area contributed by atoms with E-state index in [1.165, 1.54) is 5.56 Å². The zero-order valence-corrected chi connectivity index (χ0v) is 19.0. The Kier molecular flexibility index (Phi) is 7.30. The molecule has 2 aromatic rings. The monoisotopic (exact) mass is 439 g/mol. The summed E-state index contributed by atoms with van der Waals surface area (Å²) in [6.45, 7) is 6.82. The lowest BCUT2D eigenvalue weighted by Crippen LogP contribution is -2.46. The first-order chi connectivity index (χ1) is 15.7. The Bertz CT molecular complexity index is 913. The van der Waals surface area contributed by atoms with Gasteiger partial charge in [0.05, 0.1) is 5.41 Å². The van der Waals surface area contributed by atoms with Gasteiger partial charge in [0.25, 0.3) is 0 Å². The van der Waals surface area contributed by atoms with Gasteiger partial charge in [-0.2, -0.15) is 0 Å². The second-order valence-corrected chi connectivity index (χ2v) is 8.76. The standard InChI is InChI=1S/C26H34FN3O2/c1-2-26(23-10-3-4-11-24(23)28-25(26)31)12-5-6-14-29-15-17-30(18-16-29)21-8-7-9-22(20-21)32-19-13-27/h3-4,7-11,20H,2,5-6,12-19H2,1H3,(H,28,31). The topological polar surface area (TPSA) is 44.8 Å². The first-order valence-electron chi connectivity index (χ1n) is 11.8. The summed E-state index contributed by atoms with van der Waals surface area (Å²) in [6, 6.07) is 16.1. The van der Waals surface area contributed by atoms with Crippen LogP contribution in [0.4, 0.5) is 15.8 Å². The maximum absolute atomic E-state index is 12.8. The van der Waals surface area contributed by atoms with Crippen molar-refractivity contribution in [3.8, 4) is 5.75 Å². The number of fused-ring (bicyclic) bond motifs is 1. The minimum Gasteiger partial charge on any atom is -0.491 e. The number of piperazine rings is 1. The number of nitrogens with zero attached hydrogens (tertiary/aromatic N) is 2. The average Bonchev–Trinajstić information content (AvgIpc) is 3.12. The maximum atomic E-state index is 12.8. The highest BCUT2D eigenvalue weighted by Crippen LogP contribution is 2.43. The van der Waals surface area contributed by atoms with Gasteiger partial charge in [-0.3, -0.25) is 9.69 Å². The van der Waals surface area contributed by atoms with Crippen LogP contribution in [0.5, 0.6) is 5.75 Å². The van der Waals surface area contributed by atoms with Gasteiger partial charge >= 0.3 is 0 Å². The van der Waals surface area contributed by atoms with Crippen LogP contribution in [-0.2, 0) is 10.2 Å². The van der Waals surface area contributed by atoms with Crippen molar-refractivity contribution in [2.75, 3.05) is 56.2 Å². The minimum absolute atomic E-state index is 0.101. The summed E-state index contributed by atoms with van der Waals surface area (Å²) in [5.74, 6) is 0.887. The second-order valence-electron chi connectivity index (χ2n) is 8.76. The van der Waals surface area contributed by atoms with Gasteiger partial charge in [-0.1, -0.05) is 37.6 Å². The van der Waals surface area contributed by atoms with E-state index in [0.29, 0.717) is 0 Å². The van der Waals surface area contributed by atoms with E-state index in [1.54, 1.807) is 0 Å². The van der Waals surface area contributed by atoms with E-state index in [0.717, 1.165) is 75.5 Å². The molecule has 2 aliphatic heterocycles. The molecule has 2 aromatic carbocycles. The minimum atomic E-state index is -0.473. The number of amides is 1. The highest BCUT2D eigenvalue weighted by molar-refractivity contribution is 6.06. The van der Waals surface area contributed by atoms with Gasteiger partial charge in [0, 0.05) is 43.6 Å². The average molecular weight is 440 g/mol. The molecule has 0 bridgehead atoms. The normalized spacial score (nSPS) is 20.8. The number of ether oxygens (including phenoxy) is 1. The van der Waals surface area contributed by atoms with Crippen molar-refractivity contribution < 1.29 is 13.9 Å². The lowest BCUT2D eigenvalue weighted by molar-refractivity contribution is -0.121. The number of hydrogen-bond donors (Lipinski definition) is 1. The smallest absolute Gasteiger partial charge is 0.235 e. The fraction of sp³-hybridized carbons (Fsp3) is 0.500. The quantitative estimate of drug-likeness (QED) is 0.549. The van der Waals surface area contributed by atoms with E-state index in [4.69, 9.17) is 4.74 Å². The fourth-order valence-corrected chi connectivity index (χ4v) is 5.07. The molecule has 172 valence electrons. The van der Waals surface area contributed by atoms with E-state index in [1.807, 2.05) is 36.4 Å². The van der Waals surface area contributed by atoms with E-state index < -0.39 is 6.67 Å². The van der Waals surface area contributed by atoms with E-state index in [2.05, 4.69) is 34.2 Å². The molecule has 0 saturated carbocycles. The van der Waals surface area contributed by atoms with Gasteiger partial charge in [-0.15, -0.1) is 0 Å². The van der Waals surface area contributed by atoms with Crippen LogP contribution in [0.2, 0.25) is 0 Å². The lowest BCUT2D eigenvalue weighted by Gasteiger charge is -2.36. The van der Waals surface area contributed by atoms with Crippen molar-refractivity contribution >= 4 is 17.3 Å². The summed E-state index contributed by atoms with van der Waals surface area (Å²) in [5, 5.41) is 3.08. The van der Waals surface area contributed by atoms with Gasteiger partial charge in [-0.25, -0.2) is 4.39 Å². The van der Waals surface area contributed by atoms with Gasteiger partial charge < -0.3 is 15.0 Å². The van der Waals surface area contributed by atoms with Crippen molar-refractivity contribution in [3.05, 3.63) is 54.1 Å². The Morgan fingerprint density at radius 2 is 1.88 bits per heavy atom. The lowest BCUT2D eigenvalue weighted by atomic mass is 9.75. The van der Waals surface area contributed by atoms with Crippen molar-refractivity contribution in [3.63, 3.8) is 0 Å². The fourth-order valence-electron chi connectivity index (χ4n) is 5.07. The number of carbonyl (C=O) groups is 1. The molecule has 1 N–H and O–H groups in total. The van der Waals surface area contributed by atoms with E-state index >= 15 is 0 Å². The zero-order valence-electron chi connectivity index (χ0n) is 19.0. The molecule has 1 fully saturated rings. The number of unbranched alkanes of at least 4 members (excludes halogenated alkanes) is 1. The van der Waals surface area contributed by atoms with Crippen molar-refractivity contribution in [2.45, 2.75) is 38.0 Å². The number of anilines is 2. The van der Waals surface area contributed by atoms with Crippen LogP contribution in [0.25, 0.3) is 0 Å². The van der Waals surface area contributed by atoms with E-state index in [9.17, 15) is 9.18 Å². The Morgan fingerprint density at radius 1 is 1.06 bits per heavy atom. The molecule has 2 aliphatic rings. The van der Waals surface area contributed by atoms with Gasteiger partial charge in [0.1, 0.15) is 19.0 Å². The zero-order chi connectivity index (χ0) is 22.4. The van der Waals surface area contributed by atoms with Crippen LogP contribution >= 0.6 is 0 Å². The molecule has 0 radical (unpaired) electrons. The molecule has 32 heavy (non-hydrogen) atoms. The molecule has 2 heterocycles. The van der Waals surface area contributed by atoms with Gasteiger partial charge in [0.15, 0.2) is 0 Å². The van der Waals surface area contributed by atoms with Crippen LogP contribution in [0.1, 0.15) is 38.2 Å². The molecule has 0 spiro atoms. The summed E-state index contributed by atoms with van der Waals surface area (Å²) in [7, 11) is 0. The molecular weight excluding hydrogens is 405 g/mol. The number of nitrogens with one attached hydrogen (secondary N) is 1. The van der Waals surface area contributed by atoms with Crippen molar-refractivity contribution in [1.82, 2.24) is 4.90 Å². The molecule has 1 amide bonds. The van der Waals surface area contributed by atoms with Crippen LogP contribution in [0.3, 0.4) is 0 Å². The van der Waals surface area contributed by atoms with Crippen LogP contribution in [-0.4, -0.2) is 56.8 Å². The summed E-state index contributed by atoms with van der Waals surface area (Å²) >= 11 is 0. The summed E-state index contributed by atoms with van der Waals surface area (Å²) < 4.78 is 17.8. The largest absolute Gasteiger partial charge is 0.491 e. The number of para-hydroxylation sites is 1. The molecule has 1 atom stereocenters. The van der Waals surface area contributed by atoms with Crippen molar-refractivity contribution in [1.29, 1.82) is 0 Å². The van der Waals surface area contributed by atoms with E-state index in [-0.39, 0.29) is 17.9 Å². The Morgan fingerprint density at radius 3 is 2.66 bits per heavy atom. The molecular formula is C26H34FN3O2. The second kappa shape index (κ2) is 10.3. The SMILES string of the molecule is CCC1(CCCCN2CCN(c3cccc(OCCF)c3)CC2)C(=O)Nc2ccccc21. The van der Waals surface area contributed by atoms with Gasteiger partial charge in [-0.05, 0) is 49.6 Å². The number of carbonyl (C=O) groups excluding carboxylic acids is 1. The molecule has 0 aromatic heterocycles. The van der Waals surface area contributed by atoms with Crippen LogP contribution in [0.15, 0.2) is 48.5 Å². The first-order valence-corrected chi connectivity index (χ1v) is 11.8. The molecule has 0 aliphatic carbocycles. The molecule has 5 nitrogen and oxygen atoms in total. The molecule has 6 heteroatoms. The van der Waals surface area contributed by atoms with Crippen molar-refractivity contribution in [2.24, 2.45) is 0 Å². The summed E-state index contributed by atoms with van der Waals surface area (Å²) in [6.07, 6.45) is 3.88. The highest BCUT2D eigenvalue weighted by atomic mass is 19.1. The molecule has 4 rings (SSSR count).